The van der Waals surface area contributed by atoms with E-state index in [1.807, 2.05) is 0 Å². The number of amides is 1. The number of hydrogen-bond donors (Lipinski definition) is 2. The fourth-order valence-corrected chi connectivity index (χ4v) is 1.40. The number of rotatable bonds is 6. The summed E-state index contributed by atoms with van der Waals surface area (Å²) in [5.41, 5.74) is 1.44. The first-order valence-electron chi connectivity index (χ1n) is 5.75. The molecule has 0 bridgehead atoms. The number of carboxylic acids is 1. The lowest BCUT2D eigenvalue weighted by Crippen LogP contribution is -2.14. The molecular formula is C14H15NO4. The van der Waals surface area contributed by atoms with E-state index in [9.17, 15) is 14.4 Å². The van der Waals surface area contributed by atoms with Gasteiger partial charge in [-0.2, -0.15) is 0 Å². The van der Waals surface area contributed by atoms with Crippen LogP contribution in [-0.4, -0.2) is 22.8 Å². The van der Waals surface area contributed by atoms with E-state index in [2.05, 4.69) is 5.32 Å². The molecule has 0 heterocycles. The molecule has 0 aliphatic heterocycles. The second kappa shape index (κ2) is 7.10. The summed E-state index contributed by atoms with van der Waals surface area (Å²) in [4.78, 5) is 32.4. The molecule has 0 saturated carbocycles. The van der Waals surface area contributed by atoms with E-state index in [1.54, 1.807) is 36.4 Å². The zero-order valence-electron chi connectivity index (χ0n) is 10.6. The van der Waals surface area contributed by atoms with Crippen molar-refractivity contribution in [3.05, 3.63) is 35.9 Å². The number of carbonyl (C=O) groups excluding carboxylic acids is 2. The molecule has 100 valence electrons. The second-order valence-corrected chi connectivity index (χ2v) is 4.05. The molecule has 1 amide bonds. The van der Waals surface area contributed by atoms with E-state index in [1.165, 1.54) is 6.92 Å². The first-order chi connectivity index (χ1) is 8.97. The van der Waals surface area contributed by atoms with Gasteiger partial charge < -0.3 is 10.4 Å². The Hall–Kier alpha value is -2.43. The molecule has 0 radical (unpaired) electrons. The first kappa shape index (κ1) is 14.6. The van der Waals surface area contributed by atoms with Gasteiger partial charge in [-0.05, 0) is 24.6 Å². The lowest BCUT2D eigenvalue weighted by atomic mass is 10.2. The standard InChI is InChI=1S/C14H15NO4/c1-10(16)9-13(17)15-12-7-5-11(6-8-12)3-2-4-14(18)19/h2-3,5-8H,4,9H2,1H3,(H,15,17)(H,18,19). The summed E-state index contributed by atoms with van der Waals surface area (Å²) in [5.74, 6) is -1.42. The maximum absolute atomic E-state index is 11.3. The number of anilines is 1. The molecule has 0 unspecified atom stereocenters. The molecule has 0 aromatic heterocycles. The highest BCUT2D eigenvalue weighted by Crippen LogP contribution is 2.11. The van der Waals surface area contributed by atoms with Crippen molar-refractivity contribution in [2.75, 3.05) is 5.32 Å². The number of Topliss-reactive ketones (excluding diaryl/α,β-unsaturated/α-hetero) is 1. The summed E-state index contributed by atoms with van der Waals surface area (Å²) < 4.78 is 0. The number of benzene rings is 1. The number of nitrogens with one attached hydrogen (secondary N) is 1. The fourth-order valence-electron chi connectivity index (χ4n) is 1.40. The SMILES string of the molecule is CC(=O)CC(=O)Nc1ccc(C=CCC(=O)O)cc1. The van der Waals surface area contributed by atoms with Gasteiger partial charge in [0.1, 0.15) is 5.78 Å². The van der Waals surface area contributed by atoms with Gasteiger partial charge in [-0.15, -0.1) is 0 Å². The zero-order valence-corrected chi connectivity index (χ0v) is 10.6. The third kappa shape index (κ3) is 6.16. The smallest absolute Gasteiger partial charge is 0.307 e. The lowest BCUT2D eigenvalue weighted by Gasteiger charge is -2.03. The van der Waals surface area contributed by atoms with Crippen molar-refractivity contribution in [1.82, 2.24) is 0 Å². The molecule has 0 saturated heterocycles. The van der Waals surface area contributed by atoms with Gasteiger partial charge in [-0.3, -0.25) is 14.4 Å². The Morgan fingerprint density at radius 1 is 1.21 bits per heavy atom. The lowest BCUT2D eigenvalue weighted by molar-refractivity contribution is -0.136. The Balaban J connectivity index is 2.56. The van der Waals surface area contributed by atoms with Crippen molar-refractivity contribution in [2.45, 2.75) is 19.8 Å². The van der Waals surface area contributed by atoms with E-state index in [0.29, 0.717) is 5.69 Å². The molecule has 5 nitrogen and oxygen atoms in total. The predicted octanol–water partition coefficient (Wildman–Crippen LogP) is 2.09. The van der Waals surface area contributed by atoms with Crippen LogP contribution in [0, 0.1) is 0 Å². The van der Waals surface area contributed by atoms with Crippen LogP contribution < -0.4 is 5.32 Å². The molecule has 5 heteroatoms. The molecule has 0 fully saturated rings. The average Bonchev–Trinajstić information content (AvgIpc) is 2.29. The van der Waals surface area contributed by atoms with E-state index in [4.69, 9.17) is 5.11 Å². The van der Waals surface area contributed by atoms with Crippen molar-refractivity contribution in [1.29, 1.82) is 0 Å². The molecule has 0 aliphatic carbocycles. The van der Waals surface area contributed by atoms with Crippen LogP contribution in [0.3, 0.4) is 0 Å². The maximum Gasteiger partial charge on any atom is 0.307 e. The number of carbonyl (C=O) groups is 3. The van der Waals surface area contributed by atoms with Gasteiger partial charge in [0.15, 0.2) is 0 Å². The van der Waals surface area contributed by atoms with Crippen LogP contribution in [0.25, 0.3) is 6.08 Å². The van der Waals surface area contributed by atoms with Crippen LogP contribution in [0.4, 0.5) is 5.69 Å². The predicted molar refractivity (Wildman–Crippen MR) is 71.7 cm³/mol. The summed E-state index contributed by atoms with van der Waals surface area (Å²) in [5, 5.41) is 11.1. The minimum absolute atomic E-state index is 0.0307. The molecule has 2 N–H and O–H groups in total. The van der Waals surface area contributed by atoms with Crippen LogP contribution in [0.2, 0.25) is 0 Å². The van der Waals surface area contributed by atoms with E-state index >= 15 is 0 Å². The number of ketones is 1. The van der Waals surface area contributed by atoms with Gasteiger partial charge >= 0.3 is 5.97 Å². The van der Waals surface area contributed by atoms with Crippen molar-refractivity contribution in [3.63, 3.8) is 0 Å². The summed E-state index contributed by atoms with van der Waals surface area (Å²) in [6.07, 6.45) is 3.07. The Kier molecular flexibility index (Phi) is 5.47. The van der Waals surface area contributed by atoms with Crippen LogP contribution in [0.5, 0.6) is 0 Å². The highest BCUT2D eigenvalue weighted by atomic mass is 16.4. The average molecular weight is 261 g/mol. The van der Waals surface area contributed by atoms with Gasteiger partial charge in [-0.25, -0.2) is 0 Å². The van der Waals surface area contributed by atoms with Gasteiger partial charge in [0.25, 0.3) is 0 Å². The van der Waals surface area contributed by atoms with Crippen LogP contribution in [-0.2, 0) is 14.4 Å². The molecule has 19 heavy (non-hydrogen) atoms. The van der Waals surface area contributed by atoms with Crippen molar-refractivity contribution < 1.29 is 19.5 Å². The largest absolute Gasteiger partial charge is 0.481 e. The van der Waals surface area contributed by atoms with Crippen molar-refractivity contribution in [3.8, 4) is 0 Å². The highest BCUT2D eigenvalue weighted by Gasteiger charge is 2.04. The third-order valence-corrected chi connectivity index (χ3v) is 2.21. The van der Waals surface area contributed by atoms with Crippen LogP contribution in [0.15, 0.2) is 30.3 Å². The molecule has 1 aromatic carbocycles. The minimum atomic E-state index is -0.885. The third-order valence-electron chi connectivity index (χ3n) is 2.21. The normalized spacial score (nSPS) is 10.4. The second-order valence-electron chi connectivity index (χ2n) is 4.05. The Labute approximate surface area is 110 Å². The Morgan fingerprint density at radius 2 is 1.84 bits per heavy atom. The van der Waals surface area contributed by atoms with E-state index in [-0.39, 0.29) is 24.5 Å². The molecule has 0 spiro atoms. The summed E-state index contributed by atoms with van der Waals surface area (Å²) in [6, 6.07) is 6.89. The zero-order chi connectivity index (χ0) is 14.3. The Morgan fingerprint density at radius 3 is 2.37 bits per heavy atom. The minimum Gasteiger partial charge on any atom is -0.481 e. The molecule has 0 atom stereocenters. The molecule has 1 aromatic rings. The van der Waals surface area contributed by atoms with Gasteiger partial charge in [0.2, 0.25) is 5.91 Å². The van der Waals surface area contributed by atoms with Gasteiger partial charge in [0.05, 0.1) is 12.8 Å². The first-order valence-corrected chi connectivity index (χ1v) is 5.75. The summed E-state index contributed by atoms with van der Waals surface area (Å²) >= 11 is 0. The van der Waals surface area contributed by atoms with Crippen LogP contribution in [0.1, 0.15) is 25.3 Å². The number of hydrogen-bond acceptors (Lipinski definition) is 3. The monoisotopic (exact) mass is 261 g/mol. The van der Waals surface area contributed by atoms with E-state index < -0.39 is 5.97 Å². The molecule has 1 rings (SSSR count). The van der Waals surface area contributed by atoms with Crippen LogP contribution >= 0.6 is 0 Å². The van der Waals surface area contributed by atoms with Gasteiger partial charge in [0, 0.05) is 5.69 Å². The highest BCUT2D eigenvalue weighted by molar-refractivity contribution is 6.03. The van der Waals surface area contributed by atoms with Gasteiger partial charge in [-0.1, -0.05) is 24.3 Å². The quantitative estimate of drug-likeness (QED) is 0.768. The number of carboxylic acid groups (broad SMARTS) is 1. The van der Waals surface area contributed by atoms with E-state index in [0.717, 1.165) is 5.56 Å². The summed E-state index contributed by atoms with van der Waals surface area (Å²) in [6.45, 7) is 1.36. The topological polar surface area (TPSA) is 83.5 Å². The number of aliphatic carboxylic acids is 1. The fraction of sp³-hybridized carbons (Fsp3) is 0.214. The molecule has 0 aliphatic rings. The molecular weight excluding hydrogens is 246 g/mol. The maximum atomic E-state index is 11.3. The van der Waals surface area contributed by atoms with Crippen molar-refractivity contribution >= 4 is 29.4 Å². The Bertz CT molecular complexity index is 503. The van der Waals surface area contributed by atoms with Crippen molar-refractivity contribution in [2.24, 2.45) is 0 Å². The summed E-state index contributed by atoms with van der Waals surface area (Å²) in [7, 11) is 0.